The summed E-state index contributed by atoms with van der Waals surface area (Å²) in [5.41, 5.74) is 2.98. The first-order valence-electron chi connectivity index (χ1n) is 8.65. The summed E-state index contributed by atoms with van der Waals surface area (Å²) in [6, 6.07) is 10.3. The number of benzene rings is 1. The van der Waals surface area contributed by atoms with Gasteiger partial charge in [-0.2, -0.15) is 0 Å². The molecule has 0 radical (unpaired) electrons. The van der Waals surface area contributed by atoms with Crippen LogP contribution in [-0.4, -0.2) is 18.6 Å². The van der Waals surface area contributed by atoms with Crippen LogP contribution in [0.2, 0.25) is 0 Å². The van der Waals surface area contributed by atoms with Crippen molar-refractivity contribution < 1.29 is 0 Å². The Morgan fingerprint density at radius 1 is 1.05 bits per heavy atom. The number of para-hydroxylation sites is 1. The van der Waals surface area contributed by atoms with E-state index >= 15 is 0 Å². The maximum Gasteiger partial charge on any atom is 0.0380 e. The molecule has 3 rings (SSSR count). The molecule has 2 aliphatic rings. The largest absolute Gasteiger partial charge is 0.382 e. The maximum atomic E-state index is 3.90. The molecular weight excluding hydrogens is 256 g/mol. The van der Waals surface area contributed by atoms with Gasteiger partial charge in [0, 0.05) is 17.8 Å². The second kappa shape index (κ2) is 6.00. The second-order valence-corrected chi connectivity index (χ2v) is 7.84. The zero-order valence-corrected chi connectivity index (χ0v) is 13.8. The molecule has 3 atom stereocenters. The minimum Gasteiger partial charge on any atom is -0.382 e. The highest BCUT2D eigenvalue weighted by molar-refractivity contribution is 5.55. The van der Waals surface area contributed by atoms with Gasteiger partial charge in [-0.1, -0.05) is 45.4 Å². The van der Waals surface area contributed by atoms with Crippen LogP contribution in [0.3, 0.4) is 0 Å². The van der Waals surface area contributed by atoms with Gasteiger partial charge in [-0.3, -0.25) is 0 Å². The Labute approximate surface area is 129 Å². The average molecular weight is 286 g/mol. The molecule has 2 fully saturated rings. The first kappa shape index (κ1) is 14.9. The highest BCUT2D eigenvalue weighted by Gasteiger charge is 2.35. The van der Waals surface area contributed by atoms with Crippen LogP contribution < -0.4 is 10.6 Å². The lowest BCUT2D eigenvalue weighted by Crippen LogP contribution is -2.38. The highest BCUT2D eigenvalue weighted by Crippen LogP contribution is 2.36. The maximum absolute atomic E-state index is 3.90. The van der Waals surface area contributed by atoms with Crippen LogP contribution in [0.15, 0.2) is 24.3 Å². The lowest BCUT2D eigenvalue weighted by molar-refractivity contribution is 0.375. The van der Waals surface area contributed by atoms with E-state index in [9.17, 15) is 0 Å². The van der Waals surface area contributed by atoms with E-state index in [1.807, 2.05) is 0 Å². The second-order valence-electron chi connectivity index (χ2n) is 7.84. The van der Waals surface area contributed by atoms with E-state index in [1.54, 1.807) is 0 Å². The van der Waals surface area contributed by atoms with Crippen LogP contribution in [-0.2, 0) is 5.41 Å². The molecule has 21 heavy (non-hydrogen) atoms. The molecule has 1 heterocycles. The molecule has 2 heteroatoms. The van der Waals surface area contributed by atoms with Gasteiger partial charge >= 0.3 is 0 Å². The van der Waals surface area contributed by atoms with E-state index < -0.39 is 0 Å². The number of rotatable bonds is 3. The summed E-state index contributed by atoms with van der Waals surface area (Å²) < 4.78 is 0. The van der Waals surface area contributed by atoms with Crippen molar-refractivity contribution in [3.63, 3.8) is 0 Å². The van der Waals surface area contributed by atoms with E-state index in [2.05, 4.69) is 55.7 Å². The summed E-state index contributed by atoms with van der Waals surface area (Å²) in [7, 11) is 0. The predicted octanol–water partition coefficient (Wildman–Crippen LogP) is 4.32. The smallest absolute Gasteiger partial charge is 0.0380 e. The summed E-state index contributed by atoms with van der Waals surface area (Å²) in [4.78, 5) is 0. The molecule has 1 aliphatic heterocycles. The Kier molecular flexibility index (Phi) is 4.26. The van der Waals surface area contributed by atoms with Crippen molar-refractivity contribution in [2.24, 2.45) is 5.92 Å². The predicted molar refractivity (Wildman–Crippen MR) is 90.9 cm³/mol. The third-order valence-electron chi connectivity index (χ3n) is 5.26. The minimum absolute atomic E-state index is 0.198. The number of anilines is 1. The van der Waals surface area contributed by atoms with Gasteiger partial charge in [0.2, 0.25) is 0 Å². The molecular formula is C19H30N2. The van der Waals surface area contributed by atoms with Crippen LogP contribution in [0.4, 0.5) is 5.69 Å². The molecule has 1 aliphatic carbocycles. The third kappa shape index (κ3) is 3.26. The first-order valence-corrected chi connectivity index (χ1v) is 8.65. The fraction of sp³-hybridized carbons (Fsp3) is 0.684. The molecule has 3 unspecified atom stereocenters. The Balaban J connectivity index is 1.77. The summed E-state index contributed by atoms with van der Waals surface area (Å²) in [5.74, 6) is 0.806. The summed E-state index contributed by atoms with van der Waals surface area (Å²) in [5, 5.41) is 7.62. The molecule has 1 aromatic carbocycles. The zero-order chi connectivity index (χ0) is 14.9. The normalized spacial score (nSPS) is 29.8. The lowest BCUT2D eigenvalue weighted by atomic mass is 9.85. The van der Waals surface area contributed by atoms with Gasteiger partial charge in [0.25, 0.3) is 0 Å². The van der Waals surface area contributed by atoms with Gasteiger partial charge in [-0.05, 0) is 55.2 Å². The van der Waals surface area contributed by atoms with Crippen LogP contribution in [0.5, 0.6) is 0 Å². The van der Waals surface area contributed by atoms with Gasteiger partial charge in [0.15, 0.2) is 0 Å². The van der Waals surface area contributed by atoms with Crippen molar-refractivity contribution in [1.82, 2.24) is 5.32 Å². The van der Waals surface area contributed by atoms with Crippen molar-refractivity contribution in [2.45, 2.75) is 70.4 Å². The summed E-state index contributed by atoms with van der Waals surface area (Å²) in [6.45, 7) is 8.13. The van der Waals surface area contributed by atoms with Crippen LogP contribution in [0, 0.1) is 5.92 Å². The van der Waals surface area contributed by atoms with E-state index in [1.165, 1.54) is 49.9 Å². The molecule has 0 bridgehead atoms. The molecule has 2 N–H and O–H groups in total. The zero-order valence-electron chi connectivity index (χ0n) is 13.8. The highest BCUT2D eigenvalue weighted by atomic mass is 15.0. The molecule has 116 valence electrons. The van der Waals surface area contributed by atoms with Crippen LogP contribution >= 0.6 is 0 Å². The number of hydrogen-bond donors (Lipinski definition) is 2. The molecule has 2 nitrogen and oxygen atoms in total. The van der Waals surface area contributed by atoms with E-state index in [0.717, 1.165) is 12.0 Å². The van der Waals surface area contributed by atoms with E-state index in [4.69, 9.17) is 0 Å². The topological polar surface area (TPSA) is 24.1 Å². The Morgan fingerprint density at radius 3 is 2.57 bits per heavy atom. The molecule has 0 aromatic heterocycles. The fourth-order valence-electron chi connectivity index (χ4n) is 4.19. The lowest BCUT2D eigenvalue weighted by Gasteiger charge is -2.30. The van der Waals surface area contributed by atoms with Gasteiger partial charge < -0.3 is 10.6 Å². The average Bonchev–Trinajstić information content (AvgIpc) is 3.08. The van der Waals surface area contributed by atoms with Gasteiger partial charge in [0.05, 0.1) is 0 Å². The Morgan fingerprint density at radius 2 is 1.86 bits per heavy atom. The summed E-state index contributed by atoms with van der Waals surface area (Å²) in [6.07, 6.45) is 6.79. The number of nitrogens with one attached hydrogen (secondary N) is 2. The quantitative estimate of drug-likeness (QED) is 0.865. The number of hydrogen-bond acceptors (Lipinski definition) is 2. The molecule has 0 spiro atoms. The van der Waals surface area contributed by atoms with Crippen molar-refractivity contribution >= 4 is 5.69 Å². The minimum atomic E-state index is 0.198. The van der Waals surface area contributed by atoms with Crippen molar-refractivity contribution in [3.05, 3.63) is 29.8 Å². The van der Waals surface area contributed by atoms with Crippen LogP contribution in [0.25, 0.3) is 0 Å². The fourth-order valence-corrected chi connectivity index (χ4v) is 4.19. The Hall–Kier alpha value is -1.02. The first-order chi connectivity index (χ1) is 10.1. The molecule has 1 saturated carbocycles. The molecule has 1 saturated heterocycles. The van der Waals surface area contributed by atoms with E-state index in [0.29, 0.717) is 6.04 Å². The van der Waals surface area contributed by atoms with Crippen LogP contribution in [0.1, 0.15) is 58.4 Å². The summed E-state index contributed by atoms with van der Waals surface area (Å²) >= 11 is 0. The van der Waals surface area contributed by atoms with Gasteiger partial charge in [-0.25, -0.2) is 0 Å². The SMILES string of the molecule is CC(C)(C)c1ccccc1NC1CCCC1C1CCCN1. The molecule has 0 amide bonds. The standard InChI is InChI=1S/C19H30N2/c1-19(2,3)15-9-4-5-10-18(15)21-17-11-6-8-14(17)16-12-7-13-20-16/h4-5,9-10,14,16-17,20-21H,6-8,11-13H2,1-3H3. The van der Waals surface area contributed by atoms with Gasteiger partial charge in [-0.15, -0.1) is 0 Å². The van der Waals surface area contributed by atoms with Crippen molar-refractivity contribution in [2.75, 3.05) is 11.9 Å². The Bertz CT molecular complexity index is 469. The third-order valence-corrected chi connectivity index (χ3v) is 5.26. The van der Waals surface area contributed by atoms with Crippen molar-refractivity contribution in [1.29, 1.82) is 0 Å². The van der Waals surface area contributed by atoms with Crippen molar-refractivity contribution in [3.8, 4) is 0 Å². The monoisotopic (exact) mass is 286 g/mol. The van der Waals surface area contributed by atoms with E-state index in [-0.39, 0.29) is 5.41 Å². The van der Waals surface area contributed by atoms with Gasteiger partial charge in [0.1, 0.15) is 0 Å². The molecule has 1 aromatic rings.